The highest BCUT2D eigenvalue weighted by Crippen LogP contribution is 2.37. The van der Waals surface area contributed by atoms with Crippen molar-refractivity contribution in [2.24, 2.45) is 0 Å². The molecule has 0 aromatic heterocycles. The number of hydrogen-bond acceptors (Lipinski definition) is 1. The molecule has 0 heterocycles. The zero-order valence-electron chi connectivity index (χ0n) is 17.1. The lowest BCUT2D eigenvalue weighted by Crippen LogP contribution is -2.25. The number of ether oxygens (including phenoxy) is 1. The van der Waals surface area contributed by atoms with Crippen molar-refractivity contribution < 1.29 is 39.9 Å². The molecule has 3 aromatic rings. The molecule has 0 saturated heterocycles. The Kier molecular flexibility index (Phi) is 6.95. The second-order valence-electron chi connectivity index (χ2n) is 7.00. The first-order chi connectivity index (χ1) is 15.9. The van der Waals surface area contributed by atoms with E-state index in [1.54, 1.807) is 30.3 Å². The monoisotopic (exact) mass is 482 g/mol. The van der Waals surface area contributed by atoms with Crippen molar-refractivity contribution in [3.05, 3.63) is 125 Å². The molecule has 0 unspecified atom stereocenters. The van der Waals surface area contributed by atoms with Gasteiger partial charge in [-0.25, -0.2) is 26.3 Å². The van der Waals surface area contributed by atoms with E-state index < -0.39 is 63.5 Å². The third kappa shape index (κ3) is 5.19. The molecule has 0 N–H and O–H groups in total. The van der Waals surface area contributed by atoms with E-state index in [9.17, 15) is 35.1 Å². The average Bonchev–Trinajstić information content (AvgIpc) is 2.76. The van der Waals surface area contributed by atoms with Gasteiger partial charge in [-0.3, -0.25) is 0 Å². The van der Waals surface area contributed by atoms with Gasteiger partial charge in [0, 0.05) is 17.7 Å². The Hall–Kier alpha value is -3.88. The number of rotatable bonds is 7. The summed E-state index contributed by atoms with van der Waals surface area (Å²) in [5.41, 5.74) is -2.15. The molecule has 0 atom stereocenters. The standard InChI is InChI=1S/C25H14F8O/c1-13(15-6-4-3-5-7-15)8-18(26)14(2)16-9-19(27)23(20(28)10-16)25(32,33)34-17-11-21(29)24(31)22(30)12-17/h3-12H,1-2H2/b18-8+. The Labute approximate surface area is 188 Å². The summed E-state index contributed by atoms with van der Waals surface area (Å²) >= 11 is 0. The Bertz CT molecular complexity index is 1250. The van der Waals surface area contributed by atoms with Crippen molar-refractivity contribution >= 4 is 11.1 Å². The maximum atomic E-state index is 14.6. The summed E-state index contributed by atoms with van der Waals surface area (Å²) in [5, 5.41) is 0. The fraction of sp³-hybridized carbons (Fsp3) is 0.0400. The Morgan fingerprint density at radius 1 is 0.765 bits per heavy atom. The van der Waals surface area contributed by atoms with Gasteiger partial charge in [0.25, 0.3) is 0 Å². The summed E-state index contributed by atoms with van der Waals surface area (Å²) in [4.78, 5) is 0. The van der Waals surface area contributed by atoms with Crippen molar-refractivity contribution in [2.45, 2.75) is 6.11 Å². The van der Waals surface area contributed by atoms with Crippen LogP contribution in [0.2, 0.25) is 0 Å². The lowest BCUT2D eigenvalue weighted by atomic mass is 10.0. The van der Waals surface area contributed by atoms with Crippen LogP contribution in [0.15, 0.2) is 79.7 Å². The van der Waals surface area contributed by atoms with Crippen molar-refractivity contribution in [1.82, 2.24) is 0 Å². The van der Waals surface area contributed by atoms with Crippen molar-refractivity contribution in [3.8, 4) is 5.75 Å². The van der Waals surface area contributed by atoms with Gasteiger partial charge in [0.2, 0.25) is 0 Å². The molecule has 9 heteroatoms. The van der Waals surface area contributed by atoms with Gasteiger partial charge in [0.1, 0.15) is 28.8 Å². The third-order valence-electron chi connectivity index (χ3n) is 4.62. The van der Waals surface area contributed by atoms with Crippen LogP contribution < -0.4 is 4.74 Å². The van der Waals surface area contributed by atoms with E-state index in [-0.39, 0.29) is 17.7 Å². The SMILES string of the molecule is C=C(/C=C(/F)C(=C)c1cc(F)c(C(F)(F)Oc2cc(F)c(F)c(F)c2)c(F)c1)c1ccccc1. The smallest absolute Gasteiger partial charge is 0.429 e. The molecule has 0 radical (unpaired) electrons. The highest BCUT2D eigenvalue weighted by atomic mass is 19.3. The van der Waals surface area contributed by atoms with Gasteiger partial charge in [-0.05, 0) is 34.9 Å². The van der Waals surface area contributed by atoms with E-state index >= 15 is 0 Å². The van der Waals surface area contributed by atoms with E-state index in [1.807, 2.05) is 0 Å². The van der Waals surface area contributed by atoms with Crippen molar-refractivity contribution in [3.63, 3.8) is 0 Å². The van der Waals surface area contributed by atoms with Crippen LogP contribution in [0.5, 0.6) is 5.75 Å². The highest BCUT2D eigenvalue weighted by Gasteiger charge is 2.41. The third-order valence-corrected chi connectivity index (χ3v) is 4.62. The Morgan fingerprint density at radius 3 is 1.82 bits per heavy atom. The summed E-state index contributed by atoms with van der Waals surface area (Å²) in [5.74, 6) is -11.6. The van der Waals surface area contributed by atoms with Gasteiger partial charge in [-0.2, -0.15) is 8.78 Å². The number of allylic oxidation sites excluding steroid dienone is 4. The number of hydrogen-bond donors (Lipinski definition) is 0. The molecular weight excluding hydrogens is 468 g/mol. The van der Waals surface area contributed by atoms with Crippen LogP contribution in [0.1, 0.15) is 16.7 Å². The second-order valence-corrected chi connectivity index (χ2v) is 7.00. The van der Waals surface area contributed by atoms with Gasteiger partial charge in [0.05, 0.1) is 0 Å². The van der Waals surface area contributed by atoms with Gasteiger partial charge in [-0.1, -0.05) is 43.5 Å². The first kappa shape index (κ1) is 24.8. The fourth-order valence-electron chi connectivity index (χ4n) is 2.93. The van der Waals surface area contributed by atoms with E-state index in [1.165, 1.54) is 0 Å². The molecule has 1 nitrogen and oxygen atoms in total. The van der Waals surface area contributed by atoms with E-state index in [4.69, 9.17) is 0 Å². The lowest BCUT2D eigenvalue weighted by molar-refractivity contribution is -0.189. The van der Waals surface area contributed by atoms with E-state index in [0.717, 1.165) is 6.08 Å². The van der Waals surface area contributed by atoms with Crippen LogP contribution in [0.25, 0.3) is 11.1 Å². The molecule has 3 aromatic carbocycles. The van der Waals surface area contributed by atoms with Crippen molar-refractivity contribution in [1.29, 1.82) is 0 Å². The molecule has 0 fully saturated rings. The maximum Gasteiger partial charge on any atom is 0.432 e. The molecule has 0 saturated carbocycles. The number of benzene rings is 3. The van der Waals surface area contributed by atoms with Crippen LogP contribution in [-0.4, -0.2) is 0 Å². The number of halogens is 8. The number of alkyl halides is 2. The molecule has 0 bridgehead atoms. The molecule has 0 aliphatic rings. The first-order valence-corrected chi connectivity index (χ1v) is 9.42. The minimum Gasteiger partial charge on any atom is -0.429 e. The summed E-state index contributed by atoms with van der Waals surface area (Å²) in [6.45, 7) is 7.07. The van der Waals surface area contributed by atoms with Gasteiger partial charge >= 0.3 is 6.11 Å². The van der Waals surface area contributed by atoms with Crippen molar-refractivity contribution in [2.75, 3.05) is 0 Å². The maximum absolute atomic E-state index is 14.6. The van der Waals surface area contributed by atoms with E-state index in [0.29, 0.717) is 17.7 Å². The Morgan fingerprint density at radius 2 is 1.29 bits per heavy atom. The molecule has 0 aliphatic heterocycles. The molecule has 0 spiro atoms. The van der Waals surface area contributed by atoms with Crippen LogP contribution >= 0.6 is 0 Å². The summed E-state index contributed by atoms with van der Waals surface area (Å²) < 4.78 is 116. The van der Waals surface area contributed by atoms with Crippen LogP contribution in [0.4, 0.5) is 35.1 Å². The zero-order chi connectivity index (χ0) is 25.2. The molecule has 0 aliphatic carbocycles. The minimum absolute atomic E-state index is 0.0815. The van der Waals surface area contributed by atoms with Gasteiger partial charge in [0.15, 0.2) is 17.5 Å². The molecule has 34 heavy (non-hydrogen) atoms. The van der Waals surface area contributed by atoms with Crippen LogP contribution in [-0.2, 0) is 6.11 Å². The summed E-state index contributed by atoms with van der Waals surface area (Å²) in [7, 11) is 0. The zero-order valence-corrected chi connectivity index (χ0v) is 17.1. The van der Waals surface area contributed by atoms with E-state index in [2.05, 4.69) is 17.9 Å². The molecule has 3 rings (SSSR count). The Balaban J connectivity index is 1.90. The highest BCUT2D eigenvalue weighted by molar-refractivity contribution is 5.82. The van der Waals surface area contributed by atoms with Crippen LogP contribution in [0.3, 0.4) is 0 Å². The second kappa shape index (κ2) is 9.54. The topological polar surface area (TPSA) is 9.23 Å². The largest absolute Gasteiger partial charge is 0.432 e. The molecular formula is C25H14F8O. The minimum atomic E-state index is -4.76. The predicted octanol–water partition coefficient (Wildman–Crippen LogP) is 8.09. The molecule has 176 valence electrons. The fourth-order valence-corrected chi connectivity index (χ4v) is 2.93. The summed E-state index contributed by atoms with van der Waals surface area (Å²) in [6, 6.07) is 9.32. The van der Waals surface area contributed by atoms with Gasteiger partial charge in [-0.15, -0.1) is 0 Å². The predicted molar refractivity (Wildman–Crippen MR) is 111 cm³/mol. The quantitative estimate of drug-likeness (QED) is 0.188. The summed E-state index contributed by atoms with van der Waals surface area (Å²) in [6.07, 6.45) is -3.81. The van der Waals surface area contributed by atoms with Crippen LogP contribution in [0, 0.1) is 29.1 Å². The lowest BCUT2D eigenvalue weighted by Gasteiger charge is -2.20. The van der Waals surface area contributed by atoms with Gasteiger partial charge < -0.3 is 4.74 Å². The molecule has 0 amide bonds. The normalized spacial score (nSPS) is 11.9. The first-order valence-electron chi connectivity index (χ1n) is 9.42. The average molecular weight is 482 g/mol.